The molecule has 21 heavy (non-hydrogen) atoms. The van der Waals surface area contributed by atoms with E-state index in [2.05, 4.69) is 15.3 Å². The lowest BCUT2D eigenvalue weighted by molar-refractivity contribution is -0.111. The van der Waals surface area contributed by atoms with E-state index in [1.54, 1.807) is 23.4 Å². The zero-order chi connectivity index (χ0) is 15.2. The molecule has 0 aliphatic rings. The molecule has 2 aromatic rings. The second kappa shape index (κ2) is 6.65. The van der Waals surface area contributed by atoms with Crippen LogP contribution < -0.4 is 10.2 Å². The quantitative estimate of drug-likeness (QED) is 0.875. The van der Waals surface area contributed by atoms with E-state index >= 15 is 0 Å². The van der Waals surface area contributed by atoms with E-state index in [4.69, 9.17) is 0 Å². The number of benzene rings is 1. The van der Waals surface area contributed by atoms with Gasteiger partial charge in [0.05, 0.1) is 18.1 Å². The van der Waals surface area contributed by atoms with Crippen molar-refractivity contribution < 1.29 is 4.79 Å². The number of hydrogen-bond acceptors (Lipinski definition) is 4. The molecule has 108 valence electrons. The van der Waals surface area contributed by atoms with E-state index in [1.165, 1.54) is 6.08 Å². The Morgan fingerprint density at radius 2 is 1.86 bits per heavy atom. The highest BCUT2D eigenvalue weighted by Crippen LogP contribution is 2.10. The summed E-state index contributed by atoms with van der Waals surface area (Å²) in [4.78, 5) is 21.9. The lowest BCUT2D eigenvalue weighted by Gasteiger charge is -2.09. The van der Waals surface area contributed by atoms with Crippen LogP contribution >= 0.6 is 0 Å². The second-order valence-corrected chi connectivity index (χ2v) is 4.85. The minimum absolute atomic E-state index is 0.209. The number of rotatable bonds is 4. The van der Waals surface area contributed by atoms with E-state index in [0.29, 0.717) is 11.6 Å². The summed E-state index contributed by atoms with van der Waals surface area (Å²) >= 11 is 0. The van der Waals surface area contributed by atoms with Gasteiger partial charge in [0.25, 0.3) is 0 Å². The fourth-order valence-corrected chi connectivity index (χ4v) is 1.74. The average Bonchev–Trinajstić information content (AvgIpc) is 2.47. The highest BCUT2D eigenvalue weighted by atomic mass is 16.1. The molecule has 1 heterocycles. The van der Waals surface area contributed by atoms with Crippen LogP contribution in [0.25, 0.3) is 6.08 Å². The molecule has 5 heteroatoms. The summed E-state index contributed by atoms with van der Waals surface area (Å²) in [6.45, 7) is 2.01. The number of amides is 1. The van der Waals surface area contributed by atoms with Crippen molar-refractivity contribution in [1.82, 2.24) is 9.97 Å². The highest BCUT2D eigenvalue weighted by Gasteiger charge is 2.02. The molecule has 0 spiro atoms. The molecule has 2 rings (SSSR count). The van der Waals surface area contributed by atoms with Gasteiger partial charge in [-0.15, -0.1) is 0 Å². The fourth-order valence-electron chi connectivity index (χ4n) is 1.74. The molecule has 0 fully saturated rings. The smallest absolute Gasteiger partial charge is 0.248 e. The van der Waals surface area contributed by atoms with Crippen molar-refractivity contribution >= 4 is 23.6 Å². The Balaban J connectivity index is 2.00. The van der Waals surface area contributed by atoms with Crippen LogP contribution in [0, 0.1) is 6.92 Å². The predicted octanol–water partition coefficient (Wildman–Crippen LogP) is 2.50. The van der Waals surface area contributed by atoms with Crippen LogP contribution in [0.15, 0.2) is 42.7 Å². The predicted molar refractivity (Wildman–Crippen MR) is 85.2 cm³/mol. The Morgan fingerprint density at radius 1 is 1.19 bits per heavy atom. The minimum Gasteiger partial charge on any atom is -0.347 e. The average molecular weight is 282 g/mol. The van der Waals surface area contributed by atoms with Crippen molar-refractivity contribution in [2.45, 2.75) is 6.92 Å². The Hall–Kier alpha value is -2.69. The third-order valence-electron chi connectivity index (χ3n) is 2.91. The van der Waals surface area contributed by atoms with E-state index in [-0.39, 0.29) is 5.91 Å². The fraction of sp³-hybridized carbons (Fsp3) is 0.188. The van der Waals surface area contributed by atoms with Gasteiger partial charge >= 0.3 is 0 Å². The van der Waals surface area contributed by atoms with E-state index in [0.717, 1.165) is 11.1 Å². The number of nitrogens with zero attached hydrogens (tertiary/aromatic N) is 3. The standard InChI is InChI=1S/C16H18N4O/c1-12-6-4-5-7-13(12)8-9-15(21)19-14-10-17-16(18-11-14)20(2)3/h4-11H,1-3H3,(H,19,21)/b9-8+. The van der Waals surface area contributed by atoms with Gasteiger partial charge in [0.2, 0.25) is 11.9 Å². The molecule has 0 atom stereocenters. The molecule has 0 aliphatic carbocycles. The van der Waals surface area contributed by atoms with Crippen molar-refractivity contribution in [3.8, 4) is 0 Å². The Kier molecular flexibility index (Phi) is 4.66. The number of nitrogens with one attached hydrogen (secondary N) is 1. The van der Waals surface area contributed by atoms with Gasteiger partial charge in [0, 0.05) is 20.2 Å². The van der Waals surface area contributed by atoms with Crippen molar-refractivity contribution in [3.63, 3.8) is 0 Å². The Labute approximate surface area is 124 Å². The molecular weight excluding hydrogens is 264 g/mol. The van der Waals surface area contributed by atoms with E-state index in [9.17, 15) is 4.79 Å². The molecule has 0 radical (unpaired) electrons. The van der Waals surface area contributed by atoms with Gasteiger partial charge in [0.15, 0.2) is 0 Å². The number of aromatic nitrogens is 2. The van der Waals surface area contributed by atoms with Crippen LogP contribution in [0.4, 0.5) is 11.6 Å². The molecule has 0 unspecified atom stereocenters. The van der Waals surface area contributed by atoms with Crippen molar-refractivity contribution in [2.24, 2.45) is 0 Å². The van der Waals surface area contributed by atoms with Gasteiger partial charge in [-0.05, 0) is 24.1 Å². The zero-order valence-electron chi connectivity index (χ0n) is 12.4. The molecule has 0 saturated carbocycles. The molecule has 1 aromatic carbocycles. The molecule has 1 aromatic heterocycles. The lowest BCUT2D eigenvalue weighted by atomic mass is 10.1. The lowest BCUT2D eigenvalue weighted by Crippen LogP contribution is -2.13. The number of carbonyl (C=O) groups excluding carboxylic acids is 1. The maximum atomic E-state index is 11.9. The summed E-state index contributed by atoms with van der Waals surface area (Å²) in [6, 6.07) is 7.88. The van der Waals surface area contributed by atoms with Crippen LogP contribution in [0.5, 0.6) is 0 Å². The third-order valence-corrected chi connectivity index (χ3v) is 2.91. The molecule has 0 saturated heterocycles. The first kappa shape index (κ1) is 14.7. The van der Waals surface area contributed by atoms with Gasteiger partial charge in [-0.25, -0.2) is 9.97 Å². The third kappa shape index (κ3) is 4.14. The first-order chi connectivity index (χ1) is 10.1. The van der Waals surface area contributed by atoms with Crippen LogP contribution in [-0.2, 0) is 4.79 Å². The summed E-state index contributed by atoms with van der Waals surface area (Å²) in [5.41, 5.74) is 2.71. The molecule has 0 aliphatic heterocycles. The van der Waals surface area contributed by atoms with Crippen molar-refractivity contribution in [2.75, 3.05) is 24.3 Å². The molecule has 1 N–H and O–H groups in total. The second-order valence-electron chi connectivity index (χ2n) is 4.85. The Bertz CT molecular complexity index is 648. The first-order valence-electron chi connectivity index (χ1n) is 6.60. The topological polar surface area (TPSA) is 58.1 Å². The minimum atomic E-state index is -0.209. The van der Waals surface area contributed by atoms with E-state index in [1.807, 2.05) is 45.3 Å². The van der Waals surface area contributed by atoms with Crippen molar-refractivity contribution in [1.29, 1.82) is 0 Å². The number of carbonyl (C=O) groups is 1. The molecule has 0 bridgehead atoms. The number of aryl methyl sites for hydroxylation is 1. The largest absolute Gasteiger partial charge is 0.347 e. The van der Waals surface area contributed by atoms with Crippen LogP contribution in [0.2, 0.25) is 0 Å². The molecule has 1 amide bonds. The van der Waals surface area contributed by atoms with Gasteiger partial charge in [-0.1, -0.05) is 24.3 Å². The van der Waals surface area contributed by atoms with Gasteiger partial charge < -0.3 is 10.2 Å². The Morgan fingerprint density at radius 3 is 2.48 bits per heavy atom. The summed E-state index contributed by atoms with van der Waals surface area (Å²) < 4.78 is 0. The van der Waals surface area contributed by atoms with Crippen LogP contribution in [0.1, 0.15) is 11.1 Å². The number of anilines is 2. The molecule has 5 nitrogen and oxygen atoms in total. The SMILES string of the molecule is Cc1ccccc1/C=C/C(=O)Nc1cnc(N(C)C)nc1. The number of hydrogen-bond donors (Lipinski definition) is 1. The molecular formula is C16H18N4O. The highest BCUT2D eigenvalue weighted by molar-refractivity contribution is 6.01. The van der Waals surface area contributed by atoms with Crippen LogP contribution in [0.3, 0.4) is 0 Å². The summed E-state index contributed by atoms with van der Waals surface area (Å²) in [6.07, 6.45) is 6.46. The van der Waals surface area contributed by atoms with Gasteiger partial charge in [0.1, 0.15) is 0 Å². The monoisotopic (exact) mass is 282 g/mol. The summed E-state index contributed by atoms with van der Waals surface area (Å²) in [5.74, 6) is 0.392. The maximum absolute atomic E-state index is 11.9. The first-order valence-corrected chi connectivity index (χ1v) is 6.60. The van der Waals surface area contributed by atoms with Crippen molar-refractivity contribution in [3.05, 3.63) is 53.9 Å². The van der Waals surface area contributed by atoms with Gasteiger partial charge in [-0.3, -0.25) is 4.79 Å². The normalized spacial score (nSPS) is 10.6. The van der Waals surface area contributed by atoms with Gasteiger partial charge in [-0.2, -0.15) is 0 Å². The zero-order valence-corrected chi connectivity index (χ0v) is 12.4. The summed E-state index contributed by atoms with van der Waals surface area (Å²) in [5, 5.41) is 2.73. The maximum Gasteiger partial charge on any atom is 0.248 e. The van der Waals surface area contributed by atoms with Crippen LogP contribution in [-0.4, -0.2) is 30.0 Å². The van der Waals surface area contributed by atoms with E-state index < -0.39 is 0 Å². The summed E-state index contributed by atoms with van der Waals surface area (Å²) in [7, 11) is 3.72.